The van der Waals surface area contributed by atoms with E-state index in [-0.39, 0.29) is 11.8 Å². The van der Waals surface area contributed by atoms with E-state index in [1.165, 1.54) is 5.56 Å². The lowest BCUT2D eigenvalue weighted by Crippen LogP contribution is -2.37. The summed E-state index contributed by atoms with van der Waals surface area (Å²) in [5, 5.41) is 2.92. The number of para-hydroxylation sites is 1. The third-order valence-corrected chi connectivity index (χ3v) is 5.48. The number of nitrogens with zero attached hydrogens (tertiary/aromatic N) is 1. The number of carbonyl (C=O) groups is 2. The fourth-order valence-corrected chi connectivity index (χ4v) is 3.53. The highest BCUT2D eigenvalue weighted by molar-refractivity contribution is 6.04. The van der Waals surface area contributed by atoms with Gasteiger partial charge in [0.15, 0.2) is 6.10 Å². The maximum atomic E-state index is 12.9. The van der Waals surface area contributed by atoms with Crippen LogP contribution in [0.25, 0.3) is 0 Å². The monoisotopic (exact) mass is 394 g/mol. The topological polar surface area (TPSA) is 58.6 Å². The number of ether oxygens (including phenoxy) is 1. The molecule has 3 rings (SSSR count). The molecule has 1 N–H and O–H groups in total. The molecule has 1 aliphatic heterocycles. The second-order valence-corrected chi connectivity index (χ2v) is 7.65. The third kappa shape index (κ3) is 5.17. The fourth-order valence-electron chi connectivity index (χ4n) is 3.53. The first-order valence-corrected chi connectivity index (χ1v) is 10.4. The Hall–Kier alpha value is -2.82. The summed E-state index contributed by atoms with van der Waals surface area (Å²) in [5.74, 6) is 0.404. The first kappa shape index (κ1) is 20.9. The van der Waals surface area contributed by atoms with Gasteiger partial charge in [-0.15, -0.1) is 0 Å². The molecule has 1 atom stereocenters. The Morgan fingerprint density at radius 3 is 2.45 bits per heavy atom. The second kappa shape index (κ2) is 9.59. The van der Waals surface area contributed by atoms with Gasteiger partial charge in [0.1, 0.15) is 5.75 Å². The number of benzene rings is 2. The highest BCUT2D eigenvalue weighted by Crippen LogP contribution is 2.22. The van der Waals surface area contributed by atoms with Gasteiger partial charge in [0.2, 0.25) is 0 Å². The van der Waals surface area contributed by atoms with Crippen molar-refractivity contribution in [3.63, 3.8) is 0 Å². The Balaban J connectivity index is 1.73. The summed E-state index contributed by atoms with van der Waals surface area (Å²) in [4.78, 5) is 27.7. The van der Waals surface area contributed by atoms with E-state index in [4.69, 9.17) is 4.74 Å². The van der Waals surface area contributed by atoms with Crippen LogP contribution in [0.15, 0.2) is 42.5 Å². The van der Waals surface area contributed by atoms with E-state index in [0.717, 1.165) is 37.9 Å². The van der Waals surface area contributed by atoms with Crippen molar-refractivity contribution >= 4 is 17.5 Å². The van der Waals surface area contributed by atoms with Gasteiger partial charge >= 0.3 is 0 Å². The van der Waals surface area contributed by atoms with E-state index in [1.807, 2.05) is 56.0 Å². The van der Waals surface area contributed by atoms with Crippen LogP contribution in [0.3, 0.4) is 0 Å². The van der Waals surface area contributed by atoms with Gasteiger partial charge in [-0.3, -0.25) is 9.59 Å². The number of piperidine rings is 1. The minimum Gasteiger partial charge on any atom is -0.481 e. The van der Waals surface area contributed by atoms with E-state index in [2.05, 4.69) is 5.32 Å². The highest BCUT2D eigenvalue weighted by atomic mass is 16.5. The lowest BCUT2D eigenvalue weighted by molar-refractivity contribution is -0.122. The van der Waals surface area contributed by atoms with E-state index < -0.39 is 6.10 Å². The molecule has 0 aliphatic carbocycles. The van der Waals surface area contributed by atoms with Gasteiger partial charge in [0.25, 0.3) is 11.8 Å². The van der Waals surface area contributed by atoms with Gasteiger partial charge in [-0.2, -0.15) is 0 Å². The summed E-state index contributed by atoms with van der Waals surface area (Å²) >= 11 is 0. The normalized spacial score (nSPS) is 14.9. The zero-order chi connectivity index (χ0) is 20.8. The number of hydrogen-bond acceptors (Lipinski definition) is 3. The SMILES string of the molecule is CCC(Oc1ccc(C)c(C)c1)C(=O)Nc1ccccc1C(=O)N1CCCCC1. The Bertz CT molecular complexity index is 872. The quantitative estimate of drug-likeness (QED) is 0.771. The highest BCUT2D eigenvalue weighted by Gasteiger charge is 2.24. The lowest BCUT2D eigenvalue weighted by atomic mass is 10.1. The molecule has 5 heteroatoms. The van der Waals surface area contributed by atoms with Crippen molar-refractivity contribution in [2.75, 3.05) is 18.4 Å². The predicted molar refractivity (Wildman–Crippen MR) is 115 cm³/mol. The van der Waals surface area contributed by atoms with Crippen molar-refractivity contribution in [3.05, 3.63) is 59.2 Å². The number of carbonyl (C=O) groups excluding carboxylic acids is 2. The van der Waals surface area contributed by atoms with Crippen LogP contribution >= 0.6 is 0 Å². The maximum Gasteiger partial charge on any atom is 0.265 e. The van der Waals surface area contributed by atoms with Crippen LogP contribution in [0.1, 0.15) is 54.1 Å². The van der Waals surface area contributed by atoms with Crippen molar-refractivity contribution in [2.45, 2.75) is 52.6 Å². The Morgan fingerprint density at radius 1 is 1.03 bits per heavy atom. The second-order valence-electron chi connectivity index (χ2n) is 7.65. The summed E-state index contributed by atoms with van der Waals surface area (Å²) in [6.07, 6.45) is 3.12. The van der Waals surface area contributed by atoms with Crippen LogP contribution in [0, 0.1) is 13.8 Å². The number of rotatable bonds is 6. The summed E-state index contributed by atoms with van der Waals surface area (Å²) in [5.41, 5.74) is 3.37. The van der Waals surface area contributed by atoms with E-state index in [9.17, 15) is 9.59 Å². The van der Waals surface area contributed by atoms with Crippen LogP contribution in [0.5, 0.6) is 5.75 Å². The minimum absolute atomic E-state index is 0.0243. The van der Waals surface area contributed by atoms with Crippen molar-refractivity contribution in [3.8, 4) is 5.75 Å². The molecule has 0 radical (unpaired) electrons. The smallest absolute Gasteiger partial charge is 0.265 e. The van der Waals surface area contributed by atoms with Gasteiger partial charge in [-0.1, -0.05) is 25.1 Å². The number of nitrogens with one attached hydrogen (secondary N) is 1. The van der Waals surface area contributed by atoms with E-state index in [1.54, 1.807) is 12.1 Å². The van der Waals surface area contributed by atoms with E-state index >= 15 is 0 Å². The van der Waals surface area contributed by atoms with Crippen LogP contribution in [0.4, 0.5) is 5.69 Å². The standard InChI is InChI=1S/C24H30N2O3/c1-4-22(29-19-13-12-17(2)18(3)16-19)23(27)25-21-11-7-6-10-20(21)24(28)26-14-8-5-9-15-26/h6-7,10-13,16,22H,4-5,8-9,14-15H2,1-3H3,(H,25,27). The average molecular weight is 395 g/mol. The molecule has 2 amide bonds. The van der Waals surface area contributed by atoms with E-state index in [0.29, 0.717) is 23.4 Å². The Labute approximate surface area is 173 Å². The zero-order valence-corrected chi connectivity index (χ0v) is 17.5. The maximum absolute atomic E-state index is 12.9. The molecule has 1 unspecified atom stereocenters. The largest absolute Gasteiger partial charge is 0.481 e. The summed E-state index contributed by atoms with van der Waals surface area (Å²) in [6, 6.07) is 13.0. The Kier molecular flexibility index (Phi) is 6.91. The Morgan fingerprint density at radius 2 is 1.76 bits per heavy atom. The van der Waals surface area contributed by atoms with Crippen LogP contribution in [0.2, 0.25) is 0 Å². The van der Waals surface area contributed by atoms with Gasteiger partial charge in [0, 0.05) is 13.1 Å². The number of anilines is 1. The van der Waals surface area contributed by atoms with Crippen molar-refractivity contribution in [1.29, 1.82) is 0 Å². The first-order chi connectivity index (χ1) is 14.0. The molecule has 1 fully saturated rings. The summed E-state index contributed by atoms with van der Waals surface area (Å²) in [7, 11) is 0. The zero-order valence-electron chi connectivity index (χ0n) is 17.5. The van der Waals surface area contributed by atoms with Crippen molar-refractivity contribution in [1.82, 2.24) is 4.90 Å². The third-order valence-electron chi connectivity index (χ3n) is 5.48. The number of likely N-dealkylation sites (tertiary alicyclic amines) is 1. The van der Waals surface area contributed by atoms with Crippen LogP contribution < -0.4 is 10.1 Å². The predicted octanol–water partition coefficient (Wildman–Crippen LogP) is 4.73. The number of aryl methyl sites for hydroxylation is 2. The minimum atomic E-state index is -0.629. The van der Waals surface area contributed by atoms with Gasteiger partial charge in [0.05, 0.1) is 11.3 Å². The van der Waals surface area contributed by atoms with Crippen molar-refractivity contribution in [2.24, 2.45) is 0 Å². The van der Waals surface area contributed by atoms with Gasteiger partial charge in [-0.05, 0) is 74.9 Å². The molecule has 0 bridgehead atoms. The van der Waals surface area contributed by atoms with Gasteiger partial charge in [-0.25, -0.2) is 0 Å². The molecule has 29 heavy (non-hydrogen) atoms. The molecule has 0 saturated carbocycles. The summed E-state index contributed by atoms with van der Waals surface area (Å²) < 4.78 is 5.94. The molecule has 2 aromatic rings. The average Bonchev–Trinajstić information content (AvgIpc) is 2.75. The lowest BCUT2D eigenvalue weighted by Gasteiger charge is -2.27. The first-order valence-electron chi connectivity index (χ1n) is 10.4. The van der Waals surface area contributed by atoms with Gasteiger partial charge < -0.3 is 15.0 Å². The number of hydrogen-bond donors (Lipinski definition) is 1. The van der Waals surface area contributed by atoms with Crippen LogP contribution in [-0.2, 0) is 4.79 Å². The molecule has 0 spiro atoms. The van der Waals surface area contributed by atoms with Crippen LogP contribution in [-0.4, -0.2) is 35.9 Å². The molecule has 1 heterocycles. The summed E-state index contributed by atoms with van der Waals surface area (Å²) in [6.45, 7) is 7.52. The molecular weight excluding hydrogens is 364 g/mol. The molecule has 0 aromatic heterocycles. The molecule has 2 aromatic carbocycles. The molecule has 5 nitrogen and oxygen atoms in total. The van der Waals surface area contributed by atoms with Crippen molar-refractivity contribution < 1.29 is 14.3 Å². The molecule has 1 saturated heterocycles. The molecule has 154 valence electrons. The molecular formula is C24H30N2O3. The fraction of sp³-hybridized carbons (Fsp3) is 0.417. The number of amides is 2. The molecule has 1 aliphatic rings.